The largest absolute Gasteiger partial charge is 0.481 e. The minimum absolute atomic E-state index is 0.0577. The third-order valence-corrected chi connectivity index (χ3v) is 1.81. The van der Waals surface area contributed by atoms with Crippen molar-refractivity contribution in [2.75, 3.05) is 6.61 Å². The highest BCUT2D eigenvalue weighted by molar-refractivity contribution is 5.79. The Bertz CT molecular complexity index is 415. The van der Waals surface area contributed by atoms with Gasteiger partial charge in [0.25, 0.3) is 0 Å². The zero-order valence-electron chi connectivity index (χ0n) is 9.60. The Balaban J connectivity index is 2.63. The van der Waals surface area contributed by atoms with Crippen LogP contribution in [0.1, 0.15) is 24.2 Å². The summed E-state index contributed by atoms with van der Waals surface area (Å²) in [5.41, 5.74) is 0.0577. The zero-order valence-corrected chi connectivity index (χ0v) is 9.60. The van der Waals surface area contributed by atoms with Crippen LogP contribution >= 0.6 is 0 Å². The average Bonchev–Trinajstić information content (AvgIpc) is 2.26. The first-order valence-corrected chi connectivity index (χ1v) is 5.10. The van der Waals surface area contributed by atoms with Crippen molar-refractivity contribution < 1.29 is 23.5 Å². The molecule has 0 amide bonds. The van der Waals surface area contributed by atoms with Crippen LogP contribution < -0.4 is 4.74 Å². The van der Waals surface area contributed by atoms with Crippen LogP contribution in [0.2, 0.25) is 0 Å². The number of carbonyl (C=O) groups excluding carboxylic acids is 2. The van der Waals surface area contributed by atoms with E-state index in [1.165, 1.54) is 6.07 Å². The van der Waals surface area contributed by atoms with Gasteiger partial charge in [-0.3, -0.25) is 4.79 Å². The lowest BCUT2D eigenvalue weighted by atomic mass is 10.2. The maximum absolute atomic E-state index is 12.8. The van der Waals surface area contributed by atoms with Crippen molar-refractivity contribution in [2.45, 2.75) is 20.0 Å². The molecule has 0 fully saturated rings. The molecule has 0 aliphatic heterocycles. The highest BCUT2D eigenvalue weighted by atomic mass is 19.1. The molecule has 0 spiro atoms. The predicted octanol–water partition coefficient (Wildman–Crippen LogP) is 1.97. The summed E-state index contributed by atoms with van der Waals surface area (Å²) in [7, 11) is 0. The molecule has 0 saturated carbocycles. The minimum atomic E-state index is -0.541. The second-order valence-electron chi connectivity index (χ2n) is 3.63. The molecule has 0 saturated heterocycles. The van der Waals surface area contributed by atoms with Gasteiger partial charge >= 0.3 is 5.97 Å². The van der Waals surface area contributed by atoms with Gasteiger partial charge in [-0.05, 0) is 32.0 Å². The Morgan fingerprint density at radius 1 is 1.47 bits per heavy atom. The van der Waals surface area contributed by atoms with Gasteiger partial charge in [-0.25, -0.2) is 9.18 Å². The van der Waals surface area contributed by atoms with Crippen LogP contribution in [0.15, 0.2) is 18.2 Å². The van der Waals surface area contributed by atoms with Crippen LogP contribution in [0.3, 0.4) is 0 Å². The molecule has 0 N–H and O–H groups in total. The van der Waals surface area contributed by atoms with E-state index in [9.17, 15) is 14.0 Å². The molecular weight excluding hydrogens is 227 g/mol. The van der Waals surface area contributed by atoms with E-state index >= 15 is 0 Å². The molecule has 1 rings (SSSR count). The van der Waals surface area contributed by atoms with Gasteiger partial charge in [0.1, 0.15) is 11.6 Å². The number of halogens is 1. The molecule has 1 aromatic rings. The van der Waals surface area contributed by atoms with E-state index in [1.807, 2.05) is 0 Å². The Labute approximate surface area is 98.3 Å². The van der Waals surface area contributed by atoms with Crippen molar-refractivity contribution in [1.82, 2.24) is 0 Å². The molecule has 1 aromatic carbocycles. The number of rotatable bonds is 5. The number of ether oxygens (including phenoxy) is 2. The number of esters is 1. The standard InChI is InChI=1S/C12H13FO4/c1-8(2)17-12(15)7-16-11-4-3-10(13)5-9(11)6-14/h3-6,8H,7H2,1-2H3. The van der Waals surface area contributed by atoms with E-state index < -0.39 is 11.8 Å². The third-order valence-electron chi connectivity index (χ3n) is 1.81. The van der Waals surface area contributed by atoms with Crippen LogP contribution in [0, 0.1) is 5.82 Å². The summed E-state index contributed by atoms with van der Waals surface area (Å²) in [6.45, 7) is 3.12. The van der Waals surface area contributed by atoms with Crippen molar-refractivity contribution in [1.29, 1.82) is 0 Å². The molecule has 0 aliphatic carbocycles. The Kier molecular flexibility index (Phi) is 4.63. The molecule has 92 valence electrons. The molecular formula is C12H13FO4. The molecule has 17 heavy (non-hydrogen) atoms. The van der Waals surface area contributed by atoms with Crippen molar-refractivity contribution in [2.24, 2.45) is 0 Å². The first-order valence-electron chi connectivity index (χ1n) is 5.10. The van der Waals surface area contributed by atoms with Gasteiger partial charge in [0.15, 0.2) is 12.9 Å². The van der Waals surface area contributed by atoms with Gasteiger partial charge in [-0.1, -0.05) is 0 Å². The second-order valence-corrected chi connectivity index (χ2v) is 3.63. The SMILES string of the molecule is CC(C)OC(=O)COc1ccc(F)cc1C=O. The summed E-state index contributed by atoms with van der Waals surface area (Å²) in [4.78, 5) is 21.8. The van der Waals surface area contributed by atoms with Crippen molar-refractivity contribution in [3.63, 3.8) is 0 Å². The quantitative estimate of drug-likeness (QED) is 0.583. The van der Waals surface area contributed by atoms with E-state index in [0.29, 0.717) is 6.29 Å². The van der Waals surface area contributed by atoms with Crippen LogP contribution in [0.25, 0.3) is 0 Å². The fourth-order valence-electron chi connectivity index (χ4n) is 1.18. The summed E-state index contributed by atoms with van der Waals surface area (Å²) in [5.74, 6) is -0.924. The Hall–Kier alpha value is -1.91. The number of carbonyl (C=O) groups is 2. The van der Waals surface area contributed by atoms with E-state index in [4.69, 9.17) is 9.47 Å². The normalized spacial score (nSPS) is 10.1. The van der Waals surface area contributed by atoms with Crippen LogP contribution in [0.5, 0.6) is 5.75 Å². The molecule has 0 aliphatic rings. The predicted molar refractivity (Wildman–Crippen MR) is 58.5 cm³/mol. The van der Waals surface area contributed by atoms with Crippen LogP contribution in [-0.4, -0.2) is 25.0 Å². The molecule has 0 bridgehead atoms. The number of hydrogen-bond acceptors (Lipinski definition) is 4. The van der Waals surface area contributed by atoms with Gasteiger partial charge in [-0.15, -0.1) is 0 Å². The first-order chi connectivity index (χ1) is 8.02. The summed E-state index contributed by atoms with van der Waals surface area (Å²) in [5, 5.41) is 0. The molecule has 0 heterocycles. The Morgan fingerprint density at radius 2 is 2.18 bits per heavy atom. The monoisotopic (exact) mass is 240 g/mol. The van der Waals surface area contributed by atoms with Crippen molar-refractivity contribution >= 4 is 12.3 Å². The van der Waals surface area contributed by atoms with Crippen molar-refractivity contribution in [3.8, 4) is 5.75 Å². The number of aldehydes is 1. The molecule has 0 aromatic heterocycles. The lowest BCUT2D eigenvalue weighted by Gasteiger charge is -2.10. The van der Waals surface area contributed by atoms with Gasteiger partial charge in [0.05, 0.1) is 11.7 Å². The van der Waals surface area contributed by atoms with Gasteiger partial charge in [0.2, 0.25) is 0 Å². The van der Waals surface area contributed by atoms with E-state index in [0.717, 1.165) is 12.1 Å². The molecule has 4 nitrogen and oxygen atoms in total. The highest BCUT2D eigenvalue weighted by Gasteiger charge is 2.09. The lowest BCUT2D eigenvalue weighted by Crippen LogP contribution is -2.19. The third kappa shape index (κ3) is 4.22. The second kappa shape index (κ2) is 5.98. The minimum Gasteiger partial charge on any atom is -0.481 e. The average molecular weight is 240 g/mol. The topological polar surface area (TPSA) is 52.6 Å². The van der Waals surface area contributed by atoms with Crippen molar-refractivity contribution in [3.05, 3.63) is 29.6 Å². The van der Waals surface area contributed by atoms with Crippen LogP contribution in [0.4, 0.5) is 4.39 Å². The lowest BCUT2D eigenvalue weighted by molar-refractivity contribution is -0.149. The maximum atomic E-state index is 12.8. The summed E-state index contributed by atoms with van der Waals surface area (Å²) in [6, 6.07) is 3.48. The zero-order chi connectivity index (χ0) is 12.8. The summed E-state index contributed by atoms with van der Waals surface area (Å²) in [6.07, 6.45) is 0.233. The molecule has 0 radical (unpaired) electrons. The van der Waals surface area contributed by atoms with Crippen LogP contribution in [-0.2, 0) is 9.53 Å². The van der Waals surface area contributed by atoms with E-state index in [1.54, 1.807) is 13.8 Å². The van der Waals surface area contributed by atoms with E-state index in [-0.39, 0.29) is 24.0 Å². The number of hydrogen-bond donors (Lipinski definition) is 0. The fourth-order valence-corrected chi connectivity index (χ4v) is 1.18. The smallest absolute Gasteiger partial charge is 0.344 e. The Morgan fingerprint density at radius 3 is 2.76 bits per heavy atom. The summed E-state index contributed by atoms with van der Waals surface area (Å²) < 4.78 is 22.7. The molecule has 0 atom stereocenters. The van der Waals surface area contributed by atoms with E-state index in [2.05, 4.69) is 0 Å². The fraction of sp³-hybridized carbons (Fsp3) is 0.333. The van der Waals surface area contributed by atoms with Gasteiger partial charge in [0, 0.05) is 0 Å². The number of benzene rings is 1. The highest BCUT2D eigenvalue weighted by Crippen LogP contribution is 2.17. The molecule has 5 heteroatoms. The first kappa shape index (κ1) is 13.2. The summed E-state index contributed by atoms with van der Waals surface area (Å²) >= 11 is 0. The maximum Gasteiger partial charge on any atom is 0.344 e. The van der Waals surface area contributed by atoms with Gasteiger partial charge < -0.3 is 9.47 Å². The molecule has 0 unspecified atom stereocenters. The van der Waals surface area contributed by atoms with Gasteiger partial charge in [-0.2, -0.15) is 0 Å².